The number of hydrogen-bond donors (Lipinski definition) is 1. The second-order valence-corrected chi connectivity index (χ2v) is 4.76. The van der Waals surface area contributed by atoms with Crippen LogP contribution in [0.1, 0.15) is 10.4 Å². The lowest BCUT2D eigenvalue weighted by Crippen LogP contribution is -2.21. The molecule has 0 bridgehead atoms. The van der Waals surface area contributed by atoms with Gasteiger partial charge in [0, 0.05) is 24.2 Å². The van der Waals surface area contributed by atoms with Crippen molar-refractivity contribution < 1.29 is 4.79 Å². The van der Waals surface area contributed by atoms with Gasteiger partial charge in [0.1, 0.15) is 12.1 Å². The lowest BCUT2D eigenvalue weighted by atomic mass is 10.1. The summed E-state index contributed by atoms with van der Waals surface area (Å²) in [6, 6.07) is 7.33. The minimum Gasteiger partial charge on any atom is -0.367 e. The summed E-state index contributed by atoms with van der Waals surface area (Å²) in [5.74, 6) is 0.737. The van der Waals surface area contributed by atoms with Gasteiger partial charge in [-0.05, 0) is 20.2 Å². The van der Waals surface area contributed by atoms with Crippen LogP contribution in [0.15, 0.2) is 36.7 Å². The molecule has 0 fully saturated rings. The molecule has 104 valence electrons. The fraction of sp³-hybridized carbons (Fsp3) is 0.267. The SMILES string of the molecule is CN(C)CCNc1cncc(-c2cccc(C=O)c2)n1. The van der Waals surface area contributed by atoms with Crippen molar-refractivity contribution in [2.24, 2.45) is 0 Å². The standard InChI is InChI=1S/C15H18N4O/c1-19(2)7-6-17-15-10-16-9-14(18-15)13-5-3-4-12(8-13)11-20/h3-5,8-11H,6-7H2,1-2H3,(H,17,18). The monoisotopic (exact) mass is 270 g/mol. The summed E-state index contributed by atoms with van der Waals surface area (Å²) in [4.78, 5) is 21.6. The highest BCUT2D eigenvalue weighted by molar-refractivity contribution is 5.78. The van der Waals surface area contributed by atoms with Gasteiger partial charge in [-0.2, -0.15) is 0 Å². The summed E-state index contributed by atoms with van der Waals surface area (Å²) in [7, 11) is 4.05. The Balaban J connectivity index is 2.14. The van der Waals surface area contributed by atoms with E-state index in [9.17, 15) is 4.79 Å². The summed E-state index contributed by atoms with van der Waals surface area (Å²) < 4.78 is 0. The van der Waals surface area contributed by atoms with Crippen LogP contribution in [0.4, 0.5) is 5.82 Å². The van der Waals surface area contributed by atoms with Crippen molar-refractivity contribution in [3.8, 4) is 11.3 Å². The first-order valence-electron chi connectivity index (χ1n) is 6.45. The third-order valence-corrected chi connectivity index (χ3v) is 2.82. The van der Waals surface area contributed by atoms with E-state index >= 15 is 0 Å². The van der Waals surface area contributed by atoms with Gasteiger partial charge in [-0.25, -0.2) is 4.98 Å². The molecule has 1 N–H and O–H groups in total. The zero-order valence-corrected chi connectivity index (χ0v) is 11.7. The highest BCUT2D eigenvalue weighted by Crippen LogP contribution is 2.18. The fourth-order valence-corrected chi connectivity index (χ4v) is 1.77. The van der Waals surface area contributed by atoms with Crippen LogP contribution < -0.4 is 5.32 Å². The van der Waals surface area contributed by atoms with Crippen LogP contribution in [-0.4, -0.2) is 48.3 Å². The summed E-state index contributed by atoms with van der Waals surface area (Å²) in [5.41, 5.74) is 2.28. The van der Waals surface area contributed by atoms with E-state index in [0.717, 1.165) is 36.5 Å². The van der Waals surface area contributed by atoms with Gasteiger partial charge in [0.15, 0.2) is 0 Å². The normalized spacial score (nSPS) is 10.6. The van der Waals surface area contributed by atoms with Crippen molar-refractivity contribution in [2.45, 2.75) is 0 Å². The Labute approximate surface area is 118 Å². The van der Waals surface area contributed by atoms with E-state index in [1.165, 1.54) is 0 Å². The van der Waals surface area contributed by atoms with Crippen molar-refractivity contribution in [2.75, 3.05) is 32.5 Å². The van der Waals surface area contributed by atoms with Gasteiger partial charge < -0.3 is 10.2 Å². The Kier molecular flexibility index (Phi) is 4.79. The molecule has 0 aliphatic heterocycles. The van der Waals surface area contributed by atoms with Gasteiger partial charge in [0.05, 0.1) is 18.1 Å². The quantitative estimate of drug-likeness (QED) is 0.813. The molecule has 0 unspecified atom stereocenters. The van der Waals surface area contributed by atoms with E-state index in [2.05, 4.69) is 20.2 Å². The zero-order chi connectivity index (χ0) is 14.4. The Morgan fingerprint density at radius 3 is 2.90 bits per heavy atom. The van der Waals surface area contributed by atoms with Crippen LogP contribution in [0, 0.1) is 0 Å². The molecule has 2 rings (SSSR count). The van der Waals surface area contributed by atoms with E-state index in [0.29, 0.717) is 5.56 Å². The number of aldehydes is 1. The van der Waals surface area contributed by atoms with Gasteiger partial charge >= 0.3 is 0 Å². The number of nitrogens with zero attached hydrogens (tertiary/aromatic N) is 3. The Morgan fingerprint density at radius 2 is 2.15 bits per heavy atom. The third-order valence-electron chi connectivity index (χ3n) is 2.82. The predicted octanol–water partition coefficient (Wildman–Crippen LogP) is 1.93. The zero-order valence-electron chi connectivity index (χ0n) is 11.7. The topological polar surface area (TPSA) is 58.1 Å². The van der Waals surface area contributed by atoms with Crippen molar-refractivity contribution >= 4 is 12.1 Å². The number of likely N-dealkylation sites (N-methyl/N-ethyl adjacent to an activating group) is 1. The highest BCUT2D eigenvalue weighted by Gasteiger charge is 2.03. The summed E-state index contributed by atoms with van der Waals surface area (Å²) in [5, 5.41) is 3.23. The average Bonchev–Trinajstić information content (AvgIpc) is 2.47. The Hall–Kier alpha value is -2.27. The number of nitrogens with one attached hydrogen (secondary N) is 1. The van der Waals surface area contributed by atoms with Gasteiger partial charge in [-0.1, -0.05) is 18.2 Å². The molecule has 1 aromatic carbocycles. The van der Waals surface area contributed by atoms with Gasteiger partial charge in [-0.3, -0.25) is 9.78 Å². The summed E-state index contributed by atoms with van der Waals surface area (Å²) >= 11 is 0. The maximum Gasteiger partial charge on any atom is 0.150 e. The third kappa shape index (κ3) is 3.86. The van der Waals surface area contributed by atoms with E-state index in [1.54, 1.807) is 24.5 Å². The molecule has 0 amide bonds. The molecular weight excluding hydrogens is 252 g/mol. The Bertz CT molecular complexity index is 584. The molecule has 0 aliphatic carbocycles. The van der Waals surface area contributed by atoms with E-state index in [4.69, 9.17) is 0 Å². The molecule has 0 atom stereocenters. The molecule has 0 spiro atoms. The summed E-state index contributed by atoms with van der Waals surface area (Å²) in [6.45, 7) is 1.73. The maximum absolute atomic E-state index is 10.8. The molecule has 0 aliphatic rings. The number of carbonyl (C=O) groups is 1. The number of anilines is 1. The van der Waals surface area contributed by atoms with E-state index in [-0.39, 0.29) is 0 Å². The van der Waals surface area contributed by atoms with Crippen LogP contribution in [0.3, 0.4) is 0 Å². The molecule has 20 heavy (non-hydrogen) atoms. The highest BCUT2D eigenvalue weighted by atomic mass is 16.1. The molecule has 5 nitrogen and oxygen atoms in total. The molecule has 2 aromatic rings. The van der Waals surface area contributed by atoms with Gasteiger partial charge in [-0.15, -0.1) is 0 Å². The van der Waals surface area contributed by atoms with Crippen LogP contribution in [0.25, 0.3) is 11.3 Å². The fourth-order valence-electron chi connectivity index (χ4n) is 1.77. The first-order chi connectivity index (χ1) is 9.69. The largest absolute Gasteiger partial charge is 0.367 e. The number of rotatable bonds is 6. The number of hydrogen-bond acceptors (Lipinski definition) is 5. The molecule has 0 saturated heterocycles. The molecule has 0 radical (unpaired) electrons. The van der Waals surface area contributed by atoms with Crippen molar-refractivity contribution in [3.63, 3.8) is 0 Å². The molecular formula is C15H18N4O. The maximum atomic E-state index is 10.8. The Morgan fingerprint density at radius 1 is 1.30 bits per heavy atom. The number of carbonyl (C=O) groups excluding carboxylic acids is 1. The van der Waals surface area contributed by atoms with Crippen molar-refractivity contribution in [1.29, 1.82) is 0 Å². The molecule has 1 heterocycles. The molecule has 1 aromatic heterocycles. The van der Waals surface area contributed by atoms with E-state index in [1.807, 2.05) is 26.2 Å². The smallest absolute Gasteiger partial charge is 0.150 e. The minimum atomic E-state index is 0.635. The predicted molar refractivity (Wildman–Crippen MR) is 79.9 cm³/mol. The average molecular weight is 270 g/mol. The molecule has 0 saturated carbocycles. The molecule has 5 heteroatoms. The second kappa shape index (κ2) is 6.77. The lowest BCUT2D eigenvalue weighted by molar-refractivity contribution is 0.112. The van der Waals surface area contributed by atoms with Crippen molar-refractivity contribution in [1.82, 2.24) is 14.9 Å². The number of benzene rings is 1. The second-order valence-electron chi connectivity index (χ2n) is 4.76. The minimum absolute atomic E-state index is 0.635. The lowest BCUT2D eigenvalue weighted by Gasteiger charge is -2.11. The summed E-state index contributed by atoms with van der Waals surface area (Å²) in [6.07, 6.45) is 4.22. The van der Waals surface area contributed by atoms with Crippen LogP contribution >= 0.6 is 0 Å². The first-order valence-corrected chi connectivity index (χ1v) is 6.45. The van der Waals surface area contributed by atoms with Crippen LogP contribution in [0.2, 0.25) is 0 Å². The first kappa shape index (κ1) is 14.1. The van der Waals surface area contributed by atoms with Crippen molar-refractivity contribution in [3.05, 3.63) is 42.2 Å². The van der Waals surface area contributed by atoms with Gasteiger partial charge in [0.25, 0.3) is 0 Å². The van der Waals surface area contributed by atoms with Crippen LogP contribution in [0.5, 0.6) is 0 Å². The van der Waals surface area contributed by atoms with E-state index < -0.39 is 0 Å². The number of aromatic nitrogens is 2. The van der Waals surface area contributed by atoms with Gasteiger partial charge in [0.2, 0.25) is 0 Å². The van der Waals surface area contributed by atoms with Crippen LogP contribution in [-0.2, 0) is 0 Å².